The molecule has 2 aromatic carbocycles. The Labute approximate surface area is 186 Å². The summed E-state index contributed by atoms with van der Waals surface area (Å²) in [7, 11) is -3.79. The van der Waals surface area contributed by atoms with Gasteiger partial charge in [0.05, 0.1) is 29.7 Å². The van der Waals surface area contributed by atoms with Gasteiger partial charge >= 0.3 is 5.97 Å². The highest BCUT2D eigenvalue weighted by Crippen LogP contribution is 2.23. The molecule has 0 spiro atoms. The molecule has 1 aliphatic heterocycles. The molecule has 3 rings (SSSR count). The van der Waals surface area contributed by atoms with Crippen LogP contribution in [-0.2, 0) is 24.3 Å². The van der Waals surface area contributed by atoms with Crippen LogP contribution in [0, 0.1) is 11.3 Å². The van der Waals surface area contributed by atoms with E-state index in [4.69, 9.17) is 14.7 Å². The topological polar surface area (TPSA) is 126 Å². The van der Waals surface area contributed by atoms with Gasteiger partial charge in [-0.05, 0) is 24.3 Å². The van der Waals surface area contributed by atoms with Crippen molar-refractivity contribution in [2.45, 2.75) is 17.4 Å². The standard InChI is InChI=1S/C22H23N3O6S/c23-11-4-12-24-32(28,29)19-9-7-18(8-10-19)22(27)31-20(17-5-2-1-3-6-17)21(26)25-13-15-30-16-14-25/h1-3,5-10,20,24H,4,12-16H2/t20-/m1/s1. The van der Waals surface area contributed by atoms with Gasteiger partial charge < -0.3 is 14.4 Å². The van der Waals surface area contributed by atoms with Crippen molar-refractivity contribution in [3.8, 4) is 6.07 Å². The lowest BCUT2D eigenvalue weighted by Gasteiger charge is -2.30. The van der Waals surface area contributed by atoms with Gasteiger partial charge in [0.15, 0.2) is 0 Å². The number of rotatable bonds is 8. The van der Waals surface area contributed by atoms with Gasteiger partial charge in [-0.25, -0.2) is 17.9 Å². The number of hydrogen-bond donors (Lipinski definition) is 1. The van der Waals surface area contributed by atoms with Crippen LogP contribution in [0.25, 0.3) is 0 Å². The number of esters is 1. The Kier molecular flexibility index (Phi) is 7.94. The first-order valence-electron chi connectivity index (χ1n) is 10.0. The first kappa shape index (κ1) is 23.4. The minimum absolute atomic E-state index is 0.00890. The zero-order valence-corrected chi connectivity index (χ0v) is 18.1. The zero-order valence-electron chi connectivity index (χ0n) is 17.3. The highest BCUT2D eigenvalue weighted by molar-refractivity contribution is 7.89. The zero-order chi connectivity index (χ0) is 23.0. The fourth-order valence-corrected chi connectivity index (χ4v) is 4.14. The van der Waals surface area contributed by atoms with E-state index in [1.165, 1.54) is 24.3 Å². The Bertz CT molecular complexity index is 1070. The second-order valence-electron chi connectivity index (χ2n) is 6.96. The second kappa shape index (κ2) is 10.9. The fraction of sp³-hybridized carbons (Fsp3) is 0.318. The maximum Gasteiger partial charge on any atom is 0.339 e. The molecule has 1 aliphatic rings. The number of morpholine rings is 1. The average Bonchev–Trinajstić information content (AvgIpc) is 2.83. The van der Waals surface area contributed by atoms with Crippen molar-refractivity contribution in [1.29, 1.82) is 5.26 Å². The van der Waals surface area contributed by atoms with Gasteiger partial charge in [-0.1, -0.05) is 30.3 Å². The number of benzene rings is 2. The summed E-state index contributed by atoms with van der Waals surface area (Å²) in [4.78, 5) is 27.4. The molecule has 168 valence electrons. The lowest BCUT2D eigenvalue weighted by molar-refractivity contribution is -0.145. The molecule has 1 heterocycles. The number of nitrogens with zero attached hydrogens (tertiary/aromatic N) is 2. The smallest absolute Gasteiger partial charge is 0.339 e. The van der Waals surface area contributed by atoms with E-state index in [0.717, 1.165) is 0 Å². The molecule has 10 heteroatoms. The number of nitrogens with one attached hydrogen (secondary N) is 1. The quantitative estimate of drug-likeness (QED) is 0.472. The van der Waals surface area contributed by atoms with Crippen LogP contribution in [0.1, 0.15) is 28.4 Å². The molecular formula is C22H23N3O6S. The first-order valence-corrected chi connectivity index (χ1v) is 11.5. The van der Waals surface area contributed by atoms with Crippen molar-refractivity contribution >= 4 is 21.9 Å². The summed E-state index contributed by atoms with van der Waals surface area (Å²) in [6.45, 7) is 1.64. The molecule has 0 unspecified atom stereocenters. The van der Waals surface area contributed by atoms with Crippen LogP contribution in [0.2, 0.25) is 0 Å². The molecule has 32 heavy (non-hydrogen) atoms. The number of amides is 1. The predicted molar refractivity (Wildman–Crippen MR) is 114 cm³/mol. The van der Waals surface area contributed by atoms with Gasteiger partial charge in [-0.3, -0.25) is 4.79 Å². The van der Waals surface area contributed by atoms with Gasteiger partial charge in [-0.15, -0.1) is 0 Å². The fourth-order valence-electron chi connectivity index (χ4n) is 3.11. The van der Waals surface area contributed by atoms with Crippen LogP contribution in [0.4, 0.5) is 0 Å². The molecule has 0 aromatic heterocycles. The maximum absolute atomic E-state index is 13.1. The molecule has 0 aliphatic carbocycles. The Morgan fingerprint density at radius 3 is 2.38 bits per heavy atom. The molecule has 1 fully saturated rings. The molecule has 0 saturated carbocycles. The third-order valence-corrected chi connectivity index (χ3v) is 6.28. The van der Waals surface area contributed by atoms with E-state index < -0.39 is 22.1 Å². The van der Waals surface area contributed by atoms with Crippen LogP contribution in [0.3, 0.4) is 0 Å². The van der Waals surface area contributed by atoms with E-state index in [-0.39, 0.29) is 29.3 Å². The van der Waals surface area contributed by atoms with Crippen molar-refractivity contribution in [3.05, 3.63) is 65.7 Å². The summed E-state index contributed by atoms with van der Waals surface area (Å²) in [5.74, 6) is -1.09. The maximum atomic E-state index is 13.1. The first-order chi connectivity index (χ1) is 15.4. The van der Waals surface area contributed by atoms with Crippen molar-refractivity contribution in [2.24, 2.45) is 0 Å². The van der Waals surface area contributed by atoms with Crippen LogP contribution < -0.4 is 4.72 Å². The minimum atomic E-state index is -3.79. The van der Waals surface area contributed by atoms with Crippen molar-refractivity contribution in [1.82, 2.24) is 9.62 Å². The van der Waals surface area contributed by atoms with Crippen molar-refractivity contribution < 1.29 is 27.5 Å². The van der Waals surface area contributed by atoms with Gasteiger partial charge in [-0.2, -0.15) is 5.26 Å². The number of sulfonamides is 1. The molecular weight excluding hydrogens is 434 g/mol. The molecule has 1 N–H and O–H groups in total. The summed E-state index contributed by atoms with van der Waals surface area (Å²) < 4.78 is 37.6. The highest BCUT2D eigenvalue weighted by Gasteiger charge is 2.31. The Morgan fingerprint density at radius 2 is 1.75 bits per heavy atom. The number of hydrogen-bond acceptors (Lipinski definition) is 7. The summed E-state index contributed by atoms with van der Waals surface area (Å²) in [6.07, 6.45) is -1.08. The van der Waals surface area contributed by atoms with Crippen LogP contribution in [-0.4, -0.2) is 58.0 Å². The number of carbonyl (C=O) groups is 2. The molecule has 9 nitrogen and oxygen atoms in total. The lowest BCUT2D eigenvalue weighted by atomic mass is 10.1. The van der Waals surface area contributed by atoms with Gasteiger partial charge in [0.2, 0.25) is 16.1 Å². The summed E-state index contributed by atoms with van der Waals surface area (Å²) in [5, 5.41) is 8.54. The summed E-state index contributed by atoms with van der Waals surface area (Å²) in [5.41, 5.74) is 0.648. The largest absolute Gasteiger partial charge is 0.444 e. The Hall–Kier alpha value is -3.26. The summed E-state index contributed by atoms with van der Waals surface area (Å²) >= 11 is 0. The van der Waals surface area contributed by atoms with Crippen LogP contribution in [0.15, 0.2) is 59.5 Å². The van der Waals surface area contributed by atoms with E-state index in [0.29, 0.717) is 31.9 Å². The molecule has 1 saturated heterocycles. The second-order valence-corrected chi connectivity index (χ2v) is 8.73. The summed E-state index contributed by atoms with van der Waals surface area (Å²) in [6, 6.07) is 15.8. The molecule has 1 amide bonds. The monoisotopic (exact) mass is 457 g/mol. The predicted octanol–water partition coefficient (Wildman–Crippen LogP) is 1.64. The van der Waals surface area contributed by atoms with Gasteiger partial charge in [0.25, 0.3) is 5.91 Å². The van der Waals surface area contributed by atoms with E-state index in [2.05, 4.69) is 4.72 Å². The normalized spacial score (nSPS) is 14.9. The number of carbonyl (C=O) groups excluding carboxylic acids is 2. The Morgan fingerprint density at radius 1 is 1.09 bits per heavy atom. The molecule has 2 aromatic rings. The number of ether oxygens (including phenoxy) is 2. The van der Waals surface area contributed by atoms with Crippen LogP contribution in [0.5, 0.6) is 0 Å². The SMILES string of the molecule is N#CCCNS(=O)(=O)c1ccc(C(=O)O[C@@H](C(=O)N2CCOCC2)c2ccccc2)cc1. The van der Waals surface area contributed by atoms with E-state index in [9.17, 15) is 18.0 Å². The van der Waals surface area contributed by atoms with Crippen molar-refractivity contribution in [2.75, 3.05) is 32.8 Å². The van der Waals surface area contributed by atoms with E-state index in [1.54, 1.807) is 35.2 Å². The van der Waals surface area contributed by atoms with Crippen molar-refractivity contribution in [3.63, 3.8) is 0 Å². The van der Waals surface area contributed by atoms with E-state index >= 15 is 0 Å². The molecule has 0 radical (unpaired) electrons. The number of nitriles is 1. The van der Waals surface area contributed by atoms with E-state index in [1.807, 2.05) is 6.07 Å². The Balaban J connectivity index is 1.76. The average molecular weight is 458 g/mol. The molecule has 0 bridgehead atoms. The highest BCUT2D eigenvalue weighted by atomic mass is 32.2. The van der Waals surface area contributed by atoms with Gasteiger partial charge in [0.1, 0.15) is 0 Å². The molecule has 1 atom stereocenters. The lowest BCUT2D eigenvalue weighted by Crippen LogP contribution is -2.44. The van der Waals surface area contributed by atoms with Crippen LogP contribution >= 0.6 is 0 Å². The third kappa shape index (κ3) is 5.91. The third-order valence-electron chi connectivity index (χ3n) is 4.80. The van der Waals surface area contributed by atoms with Gasteiger partial charge in [0, 0.05) is 31.6 Å². The minimum Gasteiger partial charge on any atom is -0.444 e.